The Kier molecular flexibility index (Phi) is 4.35. The van der Waals surface area contributed by atoms with Gasteiger partial charge in [-0.1, -0.05) is 13.0 Å². The highest BCUT2D eigenvalue weighted by molar-refractivity contribution is 7.13. The molecule has 3 rings (SSSR count). The van der Waals surface area contributed by atoms with Gasteiger partial charge in [-0.25, -0.2) is 9.97 Å². The van der Waals surface area contributed by atoms with Crippen LogP contribution in [0.25, 0.3) is 10.6 Å². The fourth-order valence-electron chi connectivity index (χ4n) is 2.06. The molecule has 7 heteroatoms. The van der Waals surface area contributed by atoms with Crippen LogP contribution in [0.2, 0.25) is 0 Å². The third kappa shape index (κ3) is 2.95. The molecule has 0 spiro atoms. The number of aryl methyl sites for hydroxylation is 1. The third-order valence-corrected chi connectivity index (χ3v) is 5.07. The van der Waals surface area contributed by atoms with Crippen molar-refractivity contribution in [1.29, 1.82) is 0 Å². The van der Waals surface area contributed by atoms with Crippen LogP contribution in [0.5, 0.6) is 0 Å². The molecule has 0 fully saturated rings. The lowest BCUT2D eigenvalue weighted by molar-refractivity contribution is 0.0779. The van der Waals surface area contributed by atoms with Crippen LogP contribution in [-0.2, 0) is 13.0 Å². The van der Waals surface area contributed by atoms with Gasteiger partial charge in [-0.05, 0) is 17.9 Å². The number of oxazole rings is 1. The Hall–Kier alpha value is -1.99. The van der Waals surface area contributed by atoms with Gasteiger partial charge in [0.05, 0.1) is 22.1 Å². The summed E-state index contributed by atoms with van der Waals surface area (Å²) in [5.41, 5.74) is 1.25. The van der Waals surface area contributed by atoms with Crippen LogP contribution in [0.4, 0.5) is 0 Å². The van der Waals surface area contributed by atoms with E-state index in [1.807, 2.05) is 22.9 Å². The summed E-state index contributed by atoms with van der Waals surface area (Å²) >= 11 is 3.14. The lowest BCUT2D eigenvalue weighted by Crippen LogP contribution is -2.27. The van der Waals surface area contributed by atoms with Gasteiger partial charge >= 0.3 is 0 Å². The average Bonchev–Trinajstić information content (AvgIpc) is 3.26. The summed E-state index contributed by atoms with van der Waals surface area (Å²) in [6.07, 6.45) is 2.22. The molecule has 3 aromatic heterocycles. The zero-order valence-corrected chi connectivity index (χ0v) is 13.9. The monoisotopic (exact) mass is 333 g/mol. The molecule has 0 aliphatic rings. The molecule has 5 nitrogen and oxygen atoms in total. The average molecular weight is 333 g/mol. The SMILES string of the molecule is CCc1nc(CN(C)C(=O)c2ncoc2-c2cccs2)cs1. The van der Waals surface area contributed by atoms with Crippen LogP contribution in [0, 0.1) is 0 Å². The number of hydrogen-bond acceptors (Lipinski definition) is 6. The van der Waals surface area contributed by atoms with E-state index in [0.29, 0.717) is 18.0 Å². The van der Waals surface area contributed by atoms with Crippen molar-refractivity contribution in [3.63, 3.8) is 0 Å². The lowest BCUT2D eigenvalue weighted by atomic mass is 10.2. The van der Waals surface area contributed by atoms with Crippen LogP contribution < -0.4 is 0 Å². The second-order valence-electron chi connectivity index (χ2n) is 4.75. The summed E-state index contributed by atoms with van der Waals surface area (Å²) in [6, 6.07) is 3.83. The molecule has 3 aromatic rings. The van der Waals surface area contributed by atoms with Crippen molar-refractivity contribution in [3.8, 4) is 10.6 Å². The summed E-state index contributed by atoms with van der Waals surface area (Å²) in [5.74, 6) is 0.363. The largest absolute Gasteiger partial charge is 0.442 e. The van der Waals surface area contributed by atoms with Gasteiger partial charge in [0.25, 0.3) is 5.91 Å². The number of hydrogen-bond donors (Lipinski definition) is 0. The van der Waals surface area contributed by atoms with Crippen molar-refractivity contribution in [2.75, 3.05) is 7.05 Å². The summed E-state index contributed by atoms with van der Waals surface area (Å²) in [4.78, 5) is 23.7. The maximum atomic E-state index is 12.6. The molecule has 3 heterocycles. The van der Waals surface area contributed by atoms with Gasteiger partial charge in [0.2, 0.25) is 0 Å². The Morgan fingerprint density at radius 1 is 1.41 bits per heavy atom. The predicted molar refractivity (Wildman–Crippen MR) is 87.1 cm³/mol. The first-order valence-corrected chi connectivity index (χ1v) is 8.61. The van der Waals surface area contributed by atoms with E-state index in [-0.39, 0.29) is 5.91 Å². The Morgan fingerprint density at radius 2 is 2.27 bits per heavy atom. The lowest BCUT2D eigenvalue weighted by Gasteiger charge is -2.14. The van der Waals surface area contributed by atoms with Gasteiger partial charge in [-0.15, -0.1) is 22.7 Å². The van der Waals surface area contributed by atoms with E-state index >= 15 is 0 Å². The molecular formula is C15H15N3O2S2. The van der Waals surface area contributed by atoms with E-state index in [4.69, 9.17) is 4.42 Å². The number of carbonyl (C=O) groups is 1. The molecule has 0 aliphatic heterocycles. The molecule has 0 atom stereocenters. The number of thiophene rings is 1. The first kappa shape index (κ1) is 14.9. The van der Waals surface area contributed by atoms with E-state index in [2.05, 4.69) is 16.9 Å². The minimum Gasteiger partial charge on any atom is -0.442 e. The molecule has 0 saturated carbocycles. The highest BCUT2D eigenvalue weighted by atomic mass is 32.1. The fourth-order valence-corrected chi connectivity index (χ4v) is 3.51. The van der Waals surface area contributed by atoms with Gasteiger partial charge in [-0.2, -0.15) is 0 Å². The minimum atomic E-state index is -0.164. The van der Waals surface area contributed by atoms with E-state index in [9.17, 15) is 4.79 Å². The van der Waals surface area contributed by atoms with E-state index < -0.39 is 0 Å². The van der Waals surface area contributed by atoms with Crippen molar-refractivity contribution in [1.82, 2.24) is 14.9 Å². The van der Waals surface area contributed by atoms with Crippen molar-refractivity contribution >= 4 is 28.6 Å². The molecule has 0 bridgehead atoms. The number of aromatic nitrogens is 2. The number of nitrogens with zero attached hydrogens (tertiary/aromatic N) is 3. The van der Waals surface area contributed by atoms with E-state index in [1.54, 1.807) is 23.3 Å². The van der Waals surface area contributed by atoms with Crippen molar-refractivity contribution in [3.05, 3.63) is 45.7 Å². The Labute approximate surface area is 136 Å². The molecule has 114 valence electrons. The van der Waals surface area contributed by atoms with Crippen LogP contribution in [-0.4, -0.2) is 27.8 Å². The number of amides is 1. The molecule has 0 radical (unpaired) electrons. The number of rotatable bonds is 5. The van der Waals surface area contributed by atoms with Crippen LogP contribution in [0.15, 0.2) is 33.7 Å². The van der Waals surface area contributed by atoms with Crippen LogP contribution in [0.1, 0.15) is 28.1 Å². The molecule has 0 unspecified atom stereocenters. The maximum Gasteiger partial charge on any atom is 0.276 e. The zero-order chi connectivity index (χ0) is 15.5. The topological polar surface area (TPSA) is 59.2 Å². The van der Waals surface area contributed by atoms with Crippen LogP contribution >= 0.6 is 22.7 Å². The predicted octanol–water partition coefficient (Wildman–Crippen LogP) is 3.69. The Bertz CT molecular complexity index is 761. The van der Waals surface area contributed by atoms with E-state index in [0.717, 1.165) is 22.0 Å². The third-order valence-electron chi connectivity index (χ3n) is 3.16. The first-order chi connectivity index (χ1) is 10.7. The normalized spacial score (nSPS) is 10.8. The van der Waals surface area contributed by atoms with Crippen molar-refractivity contribution < 1.29 is 9.21 Å². The number of carbonyl (C=O) groups excluding carboxylic acids is 1. The number of thiazole rings is 1. The highest BCUT2D eigenvalue weighted by Gasteiger charge is 2.22. The van der Waals surface area contributed by atoms with Gasteiger partial charge in [0, 0.05) is 12.4 Å². The standard InChI is InChI=1S/C15H15N3O2S2/c1-3-12-17-10(8-22-12)7-18(2)15(19)13-14(20-9-16-13)11-5-4-6-21-11/h4-6,8-9H,3,7H2,1-2H3. The van der Waals surface area contributed by atoms with Gasteiger partial charge in [0.15, 0.2) is 17.8 Å². The second kappa shape index (κ2) is 6.41. The summed E-state index contributed by atoms with van der Waals surface area (Å²) < 4.78 is 5.39. The Morgan fingerprint density at radius 3 is 2.95 bits per heavy atom. The fraction of sp³-hybridized carbons (Fsp3) is 0.267. The molecule has 0 N–H and O–H groups in total. The van der Waals surface area contributed by atoms with Gasteiger partial charge < -0.3 is 9.32 Å². The summed E-state index contributed by atoms with van der Waals surface area (Å²) in [7, 11) is 1.75. The van der Waals surface area contributed by atoms with Crippen molar-refractivity contribution in [2.24, 2.45) is 0 Å². The quantitative estimate of drug-likeness (QED) is 0.714. The molecule has 0 aromatic carbocycles. The molecular weight excluding hydrogens is 318 g/mol. The smallest absolute Gasteiger partial charge is 0.276 e. The molecule has 1 amide bonds. The first-order valence-electron chi connectivity index (χ1n) is 6.85. The molecule has 0 saturated heterocycles. The van der Waals surface area contributed by atoms with Gasteiger partial charge in [0.1, 0.15) is 0 Å². The second-order valence-corrected chi connectivity index (χ2v) is 6.65. The molecule has 0 aliphatic carbocycles. The van der Waals surface area contributed by atoms with Gasteiger partial charge in [-0.3, -0.25) is 4.79 Å². The highest BCUT2D eigenvalue weighted by Crippen LogP contribution is 2.28. The van der Waals surface area contributed by atoms with Crippen molar-refractivity contribution in [2.45, 2.75) is 19.9 Å². The zero-order valence-electron chi connectivity index (χ0n) is 12.3. The maximum absolute atomic E-state index is 12.6. The summed E-state index contributed by atoms with van der Waals surface area (Å²) in [5, 5.41) is 5.01. The van der Waals surface area contributed by atoms with E-state index in [1.165, 1.54) is 17.7 Å². The van der Waals surface area contributed by atoms with Crippen LogP contribution in [0.3, 0.4) is 0 Å². The summed E-state index contributed by atoms with van der Waals surface area (Å²) in [6.45, 7) is 2.53. The molecule has 22 heavy (non-hydrogen) atoms. The minimum absolute atomic E-state index is 0.164. The Balaban J connectivity index is 1.78.